The van der Waals surface area contributed by atoms with Gasteiger partial charge in [-0.1, -0.05) is 57.4 Å². The molecule has 0 radical (unpaired) electrons. The third-order valence-electron chi connectivity index (χ3n) is 3.93. The highest BCUT2D eigenvalue weighted by atomic mass is 16.5. The molecule has 0 saturated heterocycles. The zero-order chi connectivity index (χ0) is 16.5. The molecule has 0 aliphatic heterocycles. The highest BCUT2D eigenvalue weighted by Gasteiger charge is 2.08. The van der Waals surface area contributed by atoms with E-state index in [1.165, 1.54) is 30.4 Å². The second kappa shape index (κ2) is 9.14. The minimum atomic E-state index is -0.299. The van der Waals surface area contributed by atoms with E-state index in [2.05, 4.69) is 13.8 Å². The molecule has 2 heteroatoms. The molecule has 0 spiro atoms. The lowest BCUT2D eigenvalue weighted by molar-refractivity contribution is 0.0734. The van der Waals surface area contributed by atoms with E-state index in [-0.39, 0.29) is 5.97 Å². The van der Waals surface area contributed by atoms with Crippen LogP contribution < -0.4 is 4.74 Å². The van der Waals surface area contributed by atoms with E-state index in [1.807, 2.05) is 48.5 Å². The molecule has 0 N–H and O–H groups in total. The molecule has 0 heterocycles. The fourth-order valence-electron chi connectivity index (χ4n) is 2.57. The number of hydrogen-bond acceptors (Lipinski definition) is 2. The van der Waals surface area contributed by atoms with Crippen LogP contribution in [0.1, 0.15) is 61.0 Å². The van der Waals surface area contributed by atoms with E-state index < -0.39 is 0 Å². The number of unbranched alkanes of at least 4 members (excludes halogenated alkanes) is 2. The fourth-order valence-corrected chi connectivity index (χ4v) is 2.57. The van der Waals surface area contributed by atoms with Gasteiger partial charge in [-0.3, -0.25) is 0 Å². The van der Waals surface area contributed by atoms with Gasteiger partial charge in [-0.15, -0.1) is 0 Å². The van der Waals surface area contributed by atoms with Gasteiger partial charge in [-0.25, -0.2) is 4.79 Å². The zero-order valence-corrected chi connectivity index (χ0v) is 14.2. The number of rotatable bonds is 8. The molecule has 122 valence electrons. The van der Waals surface area contributed by atoms with Crippen LogP contribution >= 0.6 is 0 Å². The van der Waals surface area contributed by atoms with E-state index >= 15 is 0 Å². The Hall–Kier alpha value is -2.09. The first-order valence-electron chi connectivity index (χ1n) is 8.63. The van der Waals surface area contributed by atoms with Crippen LogP contribution in [-0.4, -0.2) is 5.97 Å². The lowest BCUT2D eigenvalue weighted by Crippen LogP contribution is -2.08. The van der Waals surface area contributed by atoms with Gasteiger partial charge in [0.05, 0.1) is 5.56 Å². The standard InChI is InChI=1S/C21H26O2/c1-3-5-6-8-18-11-15-20(16-12-18)23-21(22)19-13-9-17(7-4-2)10-14-19/h9-16H,3-8H2,1-2H3. The molecule has 23 heavy (non-hydrogen) atoms. The Labute approximate surface area is 139 Å². The summed E-state index contributed by atoms with van der Waals surface area (Å²) < 4.78 is 5.44. The predicted octanol–water partition coefficient (Wildman–Crippen LogP) is 5.59. The summed E-state index contributed by atoms with van der Waals surface area (Å²) in [4.78, 5) is 12.2. The first-order chi connectivity index (χ1) is 11.2. The number of ether oxygens (including phenoxy) is 1. The SMILES string of the molecule is CCCCCc1ccc(OC(=O)c2ccc(CCC)cc2)cc1. The molecule has 2 aromatic rings. The number of aryl methyl sites for hydroxylation is 2. The van der Waals surface area contributed by atoms with Crippen molar-refractivity contribution in [1.82, 2.24) is 0 Å². The summed E-state index contributed by atoms with van der Waals surface area (Å²) in [6.45, 7) is 4.35. The van der Waals surface area contributed by atoms with Gasteiger partial charge < -0.3 is 4.74 Å². The molecule has 0 atom stereocenters. The summed E-state index contributed by atoms with van der Waals surface area (Å²) in [6.07, 6.45) is 6.92. The second-order valence-electron chi connectivity index (χ2n) is 5.94. The smallest absolute Gasteiger partial charge is 0.343 e. The van der Waals surface area contributed by atoms with Crippen LogP contribution in [-0.2, 0) is 12.8 Å². The molecule has 0 bridgehead atoms. The van der Waals surface area contributed by atoms with Gasteiger partial charge in [0.25, 0.3) is 0 Å². The summed E-state index contributed by atoms with van der Waals surface area (Å²) >= 11 is 0. The average Bonchev–Trinajstić information content (AvgIpc) is 2.57. The lowest BCUT2D eigenvalue weighted by atomic mass is 10.1. The Morgan fingerprint density at radius 2 is 1.39 bits per heavy atom. The van der Waals surface area contributed by atoms with Gasteiger partial charge >= 0.3 is 5.97 Å². The van der Waals surface area contributed by atoms with Gasteiger partial charge in [0.1, 0.15) is 5.75 Å². The summed E-state index contributed by atoms with van der Waals surface area (Å²) in [6, 6.07) is 15.5. The predicted molar refractivity (Wildman–Crippen MR) is 95.1 cm³/mol. The number of carbonyl (C=O) groups is 1. The summed E-state index contributed by atoms with van der Waals surface area (Å²) in [5.74, 6) is 0.304. The molecule has 0 amide bonds. The normalized spacial score (nSPS) is 10.5. The summed E-state index contributed by atoms with van der Waals surface area (Å²) in [7, 11) is 0. The molecule has 2 nitrogen and oxygen atoms in total. The minimum absolute atomic E-state index is 0.299. The van der Waals surface area contributed by atoms with Crippen molar-refractivity contribution in [2.24, 2.45) is 0 Å². The van der Waals surface area contributed by atoms with Crippen molar-refractivity contribution < 1.29 is 9.53 Å². The van der Waals surface area contributed by atoms with Gasteiger partial charge in [0.2, 0.25) is 0 Å². The van der Waals surface area contributed by atoms with E-state index in [1.54, 1.807) is 0 Å². The molecule has 2 aromatic carbocycles. The first-order valence-corrected chi connectivity index (χ1v) is 8.63. The first kappa shape index (κ1) is 17.3. The molecule has 2 rings (SSSR count). The maximum Gasteiger partial charge on any atom is 0.343 e. The number of esters is 1. The summed E-state index contributed by atoms with van der Waals surface area (Å²) in [5, 5.41) is 0. The average molecular weight is 310 g/mol. The van der Waals surface area contributed by atoms with Crippen molar-refractivity contribution in [2.75, 3.05) is 0 Å². The van der Waals surface area contributed by atoms with Crippen molar-refractivity contribution in [2.45, 2.75) is 52.4 Å². The van der Waals surface area contributed by atoms with Crippen LogP contribution in [0.5, 0.6) is 5.75 Å². The van der Waals surface area contributed by atoms with Crippen LogP contribution in [0.2, 0.25) is 0 Å². The molecular formula is C21H26O2. The molecule has 0 aliphatic carbocycles. The van der Waals surface area contributed by atoms with E-state index in [4.69, 9.17) is 4.74 Å². The summed E-state index contributed by atoms with van der Waals surface area (Å²) in [5.41, 5.74) is 3.14. The monoisotopic (exact) mass is 310 g/mol. The molecule has 0 fully saturated rings. The number of hydrogen-bond donors (Lipinski definition) is 0. The lowest BCUT2D eigenvalue weighted by Gasteiger charge is -2.06. The highest BCUT2D eigenvalue weighted by molar-refractivity contribution is 5.91. The Morgan fingerprint density at radius 3 is 2.00 bits per heavy atom. The van der Waals surface area contributed by atoms with E-state index in [0.717, 1.165) is 19.3 Å². The van der Waals surface area contributed by atoms with Gasteiger partial charge in [0, 0.05) is 0 Å². The molecular weight excluding hydrogens is 284 g/mol. The third-order valence-corrected chi connectivity index (χ3v) is 3.93. The van der Waals surface area contributed by atoms with Crippen molar-refractivity contribution >= 4 is 5.97 Å². The maximum atomic E-state index is 12.2. The van der Waals surface area contributed by atoms with Crippen LogP contribution in [0.4, 0.5) is 0 Å². The van der Waals surface area contributed by atoms with Crippen molar-refractivity contribution in [3.8, 4) is 5.75 Å². The number of carbonyl (C=O) groups excluding carboxylic acids is 1. The Bertz CT molecular complexity index is 597. The van der Waals surface area contributed by atoms with E-state index in [0.29, 0.717) is 11.3 Å². The topological polar surface area (TPSA) is 26.3 Å². The zero-order valence-electron chi connectivity index (χ0n) is 14.2. The Morgan fingerprint density at radius 1 is 0.783 bits per heavy atom. The van der Waals surface area contributed by atoms with Crippen LogP contribution in [0.3, 0.4) is 0 Å². The van der Waals surface area contributed by atoms with Gasteiger partial charge in [0.15, 0.2) is 0 Å². The van der Waals surface area contributed by atoms with Crippen LogP contribution in [0.15, 0.2) is 48.5 Å². The second-order valence-corrected chi connectivity index (χ2v) is 5.94. The molecule has 0 unspecified atom stereocenters. The van der Waals surface area contributed by atoms with Crippen LogP contribution in [0, 0.1) is 0 Å². The largest absolute Gasteiger partial charge is 0.423 e. The highest BCUT2D eigenvalue weighted by Crippen LogP contribution is 2.16. The Kier molecular flexibility index (Phi) is 6.86. The van der Waals surface area contributed by atoms with Crippen molar-refractivity contribution in [1.29, 1.82) is 0 Å². The van der Waals surface area contributed by atoms with E-state index in [9.17, 15) is 4.79 Å². The van der Waals surface area contributed by atoms with Crippen LogP contribution in [0.25, 0.3) is 0 Å². The van der Waals surface area contributed by atoms with Crippen molar-refractivity contribution in [3.05, 3.63) is 65.2 Å². The van der Waals surface area contributed by atoms with Gasteiger partial charge in [-0.05, 0) is 54.7 Å². The van der Waals surface area contributed by atoms with Gasteiger partial charge in [-0.2, -0.15) is 0 Å². The maximum absolute atomic E-state index is 12.2. The molecule has 0 saturated carbocycles. The molecule has 0 aromatic heterocycles. The Balaban J connectivity index is 1.91. The fraction of sp³-hybridized carbons (Fsp3) is 0.381. The quantitative estimate of drug-likeness (QED) is 0.361. The third kappa shape index (κ3) is 5.55. The minimum Gasteiger partial charge on any atom is -0.423 e. The van der Waals surface area contributed by atoms with Crippen molar-refractivity contribution in [3.63, 3.8) is 0 Å². The number of benzene rings is 2. The molecule has 0 aliphatic rings.